The maximum atomic E-state index is 5.62. The van der Waals surface area contributed by atoms with E-state index < -0.39 is 0 Å². The van der Waals surface area contributed by atoms with Crippen LogP contribution in [0.25, 0.3) is 5.69 Å². The van der Waals surface area contributed by atoms with Crippen LogP contribution in [0.15, 0.2) is 41.1 Å². The number of aromatic nitrogens is 2. The molecule has 0 amide bonds. The molecule has 4 nitrogen and oxygen atoms in total. The van der Waals surface area contributed by atoms with E-state index in [2.05, 4.69) is 43.7 Å². The van der Waals surface area contributed by atoms with Gasteiger partial charge in [0.05, 0.1) is 12.8 Å². The first-order valence-electron chi connectivity index (χ1n) is 7.46. The second-order valence-electron chi connectivity index (χ2n) is 5.59. The van der Waals surface area contributed by atoms with Gasteiger partial charge in [0.15, 0.2) is 4.77 Å². The average molecular weight is 382 g/mol. The summed E-state index contributed by atoms with van der Waals surface area (Å²) < 4.78 is 11.5. The average Bonchev–Trinajstić information content (AvgIpc) is 2.90. The Morgan fingerprint density at radius 1 is 1.18 bits per heavy atom. The minimum atomic E-state index is 0.414. The molecule has 6 heteroatoms. The van der Waals surface area contributed by atoms with Crippen molar-refractivity contribution in [2.75, 3.05) is 20.2 Å². The van der Waals surface area contributed by atoms with Gasteiger partial charge < -0.3 is 9.30 Å². The van der Waals surface area contributed by atoms with Crippen molar-refractivity contribution < 1.29 is 4.74 Å². The smallest absolute Gasteiger partial charge is 0.185 e. The van der Waals surface area contributed by atoms with Gasteiger partial charge in [0, 0.05) is 42.8 Å². The lowest BCUT2D eigenvalue weighted by atomic mass is 10.1. The third-order valence-corrected chi connectivity index (χ3v) is 5.13. The third kappa shape index (κ3) is 3.51. The lowest BCUT2D eigenvalue weighted by Crippen LogP contribution is -2.37. The van der Waals surface area contributed by atoms with Crippen LogP contribution in [0.3, 0.4) is 0 Å². The zero-order valence-corrected chi connectivity index (χ0v) is 15.0. The van der Waals surface area contributed by atoms with E-state index in [9.17, 15) is 0 Å². The Hall–Kier alpha value is -0.950. The van der Waals surface area contributed by atoms with Gasteiger partial charge in [-0.25, -0.2) is 0 Å². The Morgan fingerprint density at radius 2 is 1.86 bits per heavy atom. The standard InChI is InChI=1S/C16H20BrN3OS/c1-21-15-6-8-18(9-7-15)12-19-10-11-20(16(19)22)14-4-2-13(17)3-5-14/h2-5,10-11,15H,6-9,12H2,1H3. The molecule has 1 fully saturated rings. The van der Waals surface area contributed by atoms with Crippen LogP contribution in [0, 0.1) is 4.77 Å². The fourth-order valence-electron chi connectivity index (χ4n) is 2.82. The van der Waals surface area contributed by atoms with Gasteiger partial charge in [0.2, 0.25) is 0 Å². The highest BCUT2D eigenvalue weighted by Crippen LogP contribution is 2.17. The summed E-state index contributed by atoms with van der Waals surface area (Å²) in [5.74, 6) is 0. The van der Waals surface area contributed by atoms with Crippen molar-refractivity contribution in [2.45, 2.75) is 25.6 Å². The summed E-state index contributed by atoms with van der Waals surface area (Å²) >= 11 is 9.08. The van der Waals surface area contributed by atoms with Crippen molar-refractivity contribution in [1.82, 2.24) is 14.0 Å². The fraction of sp³-hybridized carbons (Fsp3) is 0.438. The maximum Gasteiger partial charge on any atom is 0.185 e. The summed E-state index contributed by atoms with van der Waals surface area (Å²) in [7, 11) is 1.80. The summed E-state index contributed by atoms with van der Waals surface area (Å²) in [4.78, 5) is 2.43. The molecular weight excluding hydrogens is 362 g/mol. The van der Waals surface area contributed by atoms with Gasteiger partial charge >= 0.3 is 0 Å². The van der Waals surface area contributed by atoms with E-state index in [0.29, 0.717) is 6.10 Å². The Balaban J connectivity index is 1.71. The third-order valence-electron chi connectivity index (χ3n) is 4.17. The molecule has 1 saturated heterocycles. The predicted molar refractivity (Wildman–Crippen MR) is 93.9 cm³/mol. The molecule has 2 heterocycles. The van der Waals surface area contributed by atoms with Gasteiger partial charge in [-0.1, -0.05) is 15.9 Å². The molecule has 0 radical (unpaired) electrons. The number of nitrogens with zero attached hydrogens (tertiary/aromatic N) is 3. The largest absolute Gasteiger partial charge is 0.381 e. The molecule has 0 saturated carbocycles. The molecule has 0 N–H and O–H groups in total. The molecule has 22 heavy (non-hydrogen) atoms. The fourth-order valence-corrected chi connectivity index (χ4v) is 3.37. The number of halogens is 1. The number of likely N-dealkylation sites (tertiary alicyclic amines) is 1. The molecule has 0 atom stereocenters. The Kier molecular flexibility index (Phi) is 5.13. The van der Waals surface area contributed by atoms with Gasteiger partial charge in [0.1, 0.15) is 0 Å². The van der Waals surface area contributed by atoms with E-state index in [1.165, 1.54) is 0 Å². The van der Waals surface area contributed by atoms with Crippen molar-refractivity contribution in [2.24, 2.45) is 0 Å². The van der Waals surface area contributed by atoms with Gasteiger partial charge in [-0.2, -0.15) is 0 Å². The summed E-state index contributed by atoms with van der Waals surface area (Å²) in [5, 5.41) is 0. The van der Waals surface area contributed by atoms with Gasteiger partial charge in [-0.05, 0) is 49.3 Å². The number of hydrogen-bond donors (Lipinski definition) is 0. The normalized spacial score (nSPS) is 17.0. The van der Waals surface area contributed by atoms with Gasteiger partial charge in [-0.3, -0.25) is 9.47 Å². The van der Waals surface area contributed by atoms with Crippen molar-refractivity contribution in [3.8, 4) is 5.69 Å². The number of hydrogen-bond acceptors (Lipinski definition) is 3. The van der Waals surface area contributed by atoms with Gasteiger partial charge in [-0.15, -0.1) is 0 Å². The van der Waals surface area contributed by atoms with Crippen molar-refractivity contribution in [3.05, 3.63) is 45.9 Å². The Bertz CT molecular complexity index is 671. The number of benzene rings is 1. The molecule has 1 aromatic heterocycles. The second kappa shape index (κ2) is 7.08. The van der Waals surface area contributed by atoms with E-state index in [-0.39, 0.29) is 0 Å². The van der Waals surface area contributed by atoms with E-state index in [4.69, 9.17) is 17.0 Å². The van der Waals surface area contributed by atoms with Crippen LogP contribution in [0.5, 0.6) is 0 Å². The zero-order chi connectivity index (χ0) is 15.5. The van der Waals surface area contributed by atoms with Crippen LogP contribution in [-0.2, 0) is 11.4 Å². The van der Waals surface area contributed by atoms with E-state index in [1.807, 2.05) is 22.9 Å². The highest BCUT2D eigenvalue weighted by atomic mass is 79.9. The van der Waals surface area contributed by atoms with Crippen LogP contribution >= 0.6 is 28.1 Å². The molecule has 0 bridgehead atoms. The Labute approximate surface area is 144 Å². The van der Waals surface area contributed by atoms with Crippen molar-refractivity contribution in [3.63, 3.8) is 0 Å². The number of imidazole rings is 1. The van der Waals surface area contributed by atoms with Crippen LogP contribution in [0.1, 0.15) is 12.8 Å². The SMILES string of the molecule is COC1CCN(Cn2ccn(-c3ccc(Br)cc3)c2=S)CC1. The van der Waals surface area contributed by atoms with Crippen LogP contribution in [-0.4, -0.2) is 40.3 Å². The molecule has 1 aliphatic rings. The first-order valence-corrected chi connectivity index (χ1v) is 8.66. The number of methoxy groups -OCH3 is 1. The summed E-state index contributed by atoms with van der Waals surface area (Å²) in [5.41, 5.74) is 1.09. The molecule has 3 rings (SSSR count). The molecule has 118 valence electrons. The van der Waals surface area contributed by atoms with Crippen LogP contribution in [0.2, 0.25) is 0 Å². The highest BCUT2D eigenvalue weighted by molar-refractivity contribution is 9.10. The molecule has 0 spiro atoms. The monoisotopic (exact) mass is 381 g/mol. The molecule has 1 aliphatic heterocycles. The summed E-state index contributed by atoms with van der Waals surface area (Å²) in [6.07, 6.45) is 6.70. The molecule has 0 aliphatic carbocycles. The van der Waals surface area contributed by atoms with Crippen molar-refractivity contribution in [1.29, 1.82) is 0 Å². The van der Waals surface area contributed by atoms with Crippen LogP contribution in [0.4, 0.5) is 0 Å². The van der Waals surface area contributed by atoms with E-state index in [1.54, 1.807) is 7.11 Å². The quantitative estimate of drug-likeness (QED) is 0.751. The zero-order valence-electron chi connectivity index (χ0n) is 12.6. The molecular formula is C16H20BrN3OS. The number of piperidine rings is 1. The van der Waals surface area contributed by atoms with E-state index in [0.717, 1.165) is 47.5 Å². The maximum absolute atomic E-state index is 5.62. The highest BCUT2D eigenvalue weighted by Gasteiger charge is 2.18. The molecule has 1 aromatic carbocycles. The molecule has 2 aromatic rings. The first-order chi connectivity index (χ1) is 10.7. The topological polar surface area (TPSA) is 22.3 Å². The number of rotatable bonds is 4. The first kappa shape index (κ1) is 15.9. The second-order valence-corrected chi connectivity index (χ2v) is 6.87. The minimum absolute atomic E-state index is 0.414. The lowest BCUT2D eigenvalue weighted by Gasteiger charge is -2.31. The predicted octanol–water partition coefficient (Wildman–Crippen LogP) is 3.84. The Morgan fingerprint density at radius 3 is 2.50 bits per heavy atom. The van der Waals surface area contributed by atoms with Crippen LogP contribution < -0.4 is 0 Å². The van der Waals surface area contributed by atoms with E-state index >= 15 is 0 Å². The number of ether oxygens (including phenoxy) is 1. The summed E-state index contributed by atoms with van der Waals surface area (Å²) in [6, 6.07) is 8.19. The van der Waals surface area contributed by atoms with Crippen molar-refractivity contribution >= 4 is 28.1 Å². The lowest BCUT2D eigenvalue weighted by molar-refractivity contribution is 0.0317. The minimum Gasteiger partial charge on any atom is -0.381 e. The summed E-state index contributed by atoms with van der Waals surface area (Å²) in [6.45, 7) is 2.96. The van der Waals surface area contributed by atoms with Gasteiger partial charge in [0.25, 0.3) is 0 Å². The molecule has 0 unspecified atom stereocenters.